The Balaban J connectivity index is 1.11. The molecule has 56 heavy (non-hydrogen) atoms. The fraction of sp³-hybridized carbons (Fsp3) is 0.333. The SMILES string of the molecule is C[C@H]1[C@H]([Si](C)(C)F)[C@@H](CCn2cc(C(CO)c3ccccc3)nn2)O[C@]12C(=O)N(Cc1cccc(N3C(=O)CCc4ccccc43)c1)c1ccc([N+](=O)[O-])cc12. The average Bonchev–Trinajstić information content (AvgIpc) is 3.84. The molecule has 5 aromatic rings. The van der Waals surface area contributed by atoms with Crippen LogP contribution in [0, 0.1) is 16.0 Å². The van der Waals surface area contributed by atoms with Crippen LogP contribution >= 0.6 is 0 Å². The number of nitro benzene ring substituents is 1. The second-order valence-corrected chi connectivity index (χ2v) is 19.3. The van der Waals surface area contributed by atoms with E-state index in [1.165, 1.54) is 12.1 Å². The molecule has 3 aliphatic heterocycles. The fourth-order valence-corrected chi connectivity index (χ4v) is 11.7. The molecule has 8 rings (SSSR count). The van der Waals surface area contributed by atoms with Gasteiger partial charge in [0.1, 0.15) is 0 Å². The Bertz CT molecular complexity index is 2320. The Labute approximate surface area is 324 Å². The largest absolute Gasteiger partial charge is 0.395 e. The van der Waals surface area contributed by atoms with Gasteiger partial charge in [0.15, 0.2) is 5.60 Å². The number of aliphatic hydroxyl groups excluding tert-OH is 1. The van der Waals surface area contributed by atoms with E-state index in [9.17, 15) is 20.0 Å². The Morgan fingerprint density at radius 1 is 1.00 bits per heavy atom. The topological polar surface area (TPSA) is 144 Å². The number of fused-ring (bicyclic) bond motifs is 3. The van der Waals surface area contributed by atoms with Crippen molar-refractivity contribution in [2.75, 3.05) is 16.4 Å². The molecule has 4 aromatic carbocycles. The highest BCUT2D eigenvalue weighted by atomic mass is 28.4. The van der Waals surface area contributed by atoms with Crippen LogP contribution in [0.5, 0.6) is 0 Å². The third kappa shape index (κ3) is 6.40. The van der Waals surface area contributed by atoms with E-state index in [0.717, 1.165) is 22.4 Å². The Kier molecular flexibility index (Phi) is 9.67. The molecule has 0 saturated carbocycles. The summed E-state index contributed by atoms with van der Waals surface area (Å²) in [5.74, 6) is -1.46. The van der Waals surface area contributed by atoms with E-state index >= 15 is 8.90 Å². The molecule has 1 aromatic heterocycles. The minimum absolute atomic E-state index is 0.0236. The first-order valence-electron chi connectivity index (χ1n) is 18.9. The standard InChI is InChI=1S/C42H43FN6O6Si/c1-27-40(56(2,3)43)38(20-21-46-25-35(44-45-46)33(26-50)29-11-5-4-6-12-29)55-42(27)34-23-32(49(53)54)17-18-37(34)47(41(42)52)24-28-10-9-14-31(22-28)48-36-15-8-7-13-30(36)16-19-39(48)51/h4-15,17-18,22-23,25,27,33,38,40,50H,16,19-21,24,26H2,1-3H3/t27-,33?,38+,40-,42+/m0/s1. The van der Waals surface area contributed by atoms with E-state index in [4.69, 9.17) is 4.74 Å². The number of carbonyl (C=O) groups excluding carboxylic acids is 2. The number of carbonyl (C=O) groups is 2. The highest BCUT2D eigenvalue weighted by molar-refractivity contribution is 6.72. The molecule has 14 heteroatoms. The number of aryl methyl sites for hydroxylation is 2. The number of amides is 2. The number of ether oxygens (including phenoxy) is 1. The summed E-state index contributed by atoms with van der Waals surface area (Å²) in [6, 6.07) is 29.1. The van der Waals surface area contributed by atoms with Gasteiger partial charge in [-0.1, -0.05) is 72.8 Å². The molecule has 3 aliphatic rings. The fourth-order valence-electron chi connectivity index (χ4n) is 9.16. The lowest BCUT2D eigenvalue weighted by Crippen LogP contribution is -2.45. The number of aromatic nitrogens is 3. The van der Waals surface area contributed by atoms with Gasteiger partial charge in [0.05, 0.1) is 47.2 Å². The van der Waals surface area contributed by atoms with Crippen molar-refractivity contribution in [3.8, 4) is 0 Å². The van der Waals surface area contributed by atoms with Gasteiger partial charge < -0.3 is 18.9 Å². The van der Waals surface area contributed by atoms with Crippen molar-refractivity contribution in [1.82, 2.24) is 15.0 Å². The molecule has 5 atom stereocenters. The van der Waals surface area contributed by atoms with E-state index in [1.807, 2.05) is 85.8 Å². The van der Waals surface area contributed by atoms with Gasteiger partial charge in [-0.3, -0.25) is 29.3 Å². The number of rotatable bonds is 11. The number of halogens is 1. The summed E-state index contributed by atoms with van der Waals surface area (Å²) in [5, 5.41) is 30.9. The molecule has 12 nitrogen and oxygen atoms in total. The quantitative estimate of drug-likeness (QED) is 0.0636. The van der Waals surface area contributed by atoms with Gasteiger partial charge in [0.2, 0.25) is 14.3 Å². The summed E-state index contributed by atoms with van der Waals surface area (Å²) in [4.78, 5) is 43.2. The first-order valence-corrected chi connectivity index (χ1v) is 21.9. The number of non-ortho nitro benzene ring substituents is 1. The second kappa shape index (κ2) is 14.5. The Hall–Kier alpha value is -5.57. The zero-order valence-electron chi connectivity index (χ0n) is 31.4. The number of para-hydroxylation sites is 1. The van der Waals surface area contributed by atoms with E-state index in [1.54, 1.807) is 39.8 Å². The number of hydrogen-bond donors (Lipinski definition) is 1. The molecule has 2 amide bonds. The van der Waals surface area contributed by atoms with Crippen molar-refractivity contribution in [3.05, 3.63) is 141 Å². The summed E-state index contributed by atoms with van der Waals surface area (Å²) in [6.07, 6.45) is 2.40. The molecule has 1 unspecified atom stereocenters. The summed E-state index contributed by atoms with van der Waals surface area (Å²) in [7, 11) is -3.53. The third-order valence-corrected chi connectivity index (χ3v) is 14.2. The zero-order chi connectivity index (χ0) is 39.4. The van der Waals surface area contributed by atoms with Crippen molar-refractivity contribution in [3.63, 3.8) is 0 Å². The van der Waals surface area contributed by atoms with Crippen molar-refractivity contribution in [2.45, 2.75) is 75.5 Å². The summed E-state index contributed by atoms with van der Waals surface area (Å²) < 4.78 is 25.1. The third-order valence-electron chi connectivity index (χ3n) is 11.7. The number of benzene rings is 4. The number of hydrogen-bond acceptors (Lipinski definition) is 8. The van der Waals surface area contributed by atoms with Crippen molar-refractivity contribution >= 4 is 43.0 Å². The Morgan fingerprint density at radius 3 is 2.52 bits per heavy atom. The van der Waals surface area contributed by atoms with Gasteiger partial charge >= 0.3 is 0 Å². The minimum atomic E-state index is -3.53. The summed E-state index contributed by atoms with van der Waals surface area (Å²) >= 11 is 0. The van der Waals surface area contributed by atoms with E-state index in [-0.39, 0.29) is 30.7 Å². The average molecular weight is 775 g/mol. The normalized spacial score (nSPS) is 22.4. The predicted molar refractivity (Wildman–Crippen MR) is 211 cm³/mol. The van der Waals surface area contributed by atoms with Gasteiger partial charge in [0.25, 0.3) is 11.6 Å². The van der Waals surface area contributed by atoms with Crippen molar-refractivity contribution < 1.29 is 28.5 Å². The van der Waals surface area contributed by atoms with Crippen LogP contribution in [0.3, 0.4) is 0 Å². The van der Waals surface area contributed by atoms with Crippen molar-refractivity contribution in [2.24, 2.45) is 5.92 Å². The molecule has 1 spiro atoms. The van der Waals surface area contributed by atoms with Gasteiger partial charge in [-0.25, -0.2) is 0 Å². The maximum absolute atomic E-state index is 16.5. The first kappa shape index (κ1) is 37.4. The van der Waals surface area contributed by atoms with Crippen LogP contribution in [0.15, 0.2) is 103 Å². The highest BCUT2D eigenvalue weighted by Crippen LogP contribution is 2.60. The lowest BCUT2D eigenvalue weighted by molar-refractivity contribution is -0.385. The maximum Gasteiger partial charge on any atom is 0.269 e. The number of aliphatic hydroxyl groups is 1. The van der Waals surface area contributed by atoms with E-state index in [0.29, 0.717) is 48.4 Å². The van der Waals surface area contributed by atoms with Gasteiger partial charge in [-0.05, 0) is 66.9 Å². The number of anilines is 3. The van der Waals surface area contributed by atoms with Gasteiger partial charge in [-0.2, -0.15) is 0 Å². The zero-order valence-corrected chi connectivity index (χ0v) is 32.4. The van der Waals surface area contributed by atoms with Crippen LogP contribution in [0.1, 0.15) is 53.6 Å². The van der Waals surface area contributed by atoms with Gasteiger partial charge in [0, 0.05) is 54.0 Å². The number of nitro groups is 1. The van der Waals surface area contributed by atoms with Crippen LogP contribution in [0.25, 0.3) is 0 Å². The molecule has 1 N–H and O–H groups in total. The molecule has 4 heterocycles. The number of nitrogens with zero attached hydrogens (tertiary/aromatic N) is 6. The first-order chi connectivity index (χ1) is 26.9. The van der Waals surface area contributed by atoms with Crippen molar-refractivity contribution in [1.29, 1.82) is 0 Å². The molecule has 0 bridgehead atoms. The van der Waals surface area contributed by atoms with Crippen LogP contribution in [-0.2, 0) is 39.4 Å². The maximum atomic E-state index is 16.5. The minimum Gasteiger partial charge on any atom is -0.395 e. The van der Waals surface area contributed by atoms with Crippen LogP contribution in [0.4, 0.5) is 26.9 Å². The lowest BCUT2D eigenvalue weighted by Gasteiger charge is -2.31. The lowest BCUT2D eigenvalue weighted by atomic mass is 9.82. The monoisotopic (exact) mass is 774 g/mol. The highest BCUT2D eigenvalue weighted by Gasteiger charge is 2.67. The molecule has 1 saturated heterocycles. The Morgan fingerprint density at radius 2 is 1.77 bits per heavy atom. The van der Waals surface area contributed by atoms with Crippen LogP contribution in [-0.4, -0.2) is 58.0 Å². The van der Waals surface area contributed by atoms with E-state index in [2.05, 4.69) is 10.3 Å². The summed E-state index contributed by atoms with van der Waals surface area (Å²) in [6.45, 7) is 5.29. The van der Waals surface area contributed by atoms with Crippen LogP contribution < -0.4 is 9.80 Å². The predicted octanol–water partition coefficient (Wildman–Crippen LogP) is 7.33. The van der Waals surface area contributed by atoms with Crippen LogP contribution in [0.2, 0.25) is 18.6 Å². The molecule has 0 aliphatic carbocycles. The van der Waals surface area contributed by atoms with Gasteiger partial charge in [-0.15, -0.1) is 5.10 Å². The molecule has 0 radical (unpaired) electrons. The molecule has 288 valence electrons. The smallest absolute Gasteiger partial charge is 0.269 e. The molecular formula is C42H43FN6O6Si. The molecule has 1 fully saturated rings. The second-order valence-electron chi connectivity index (χ2n) is 15.5. The summed E-state index contributed by atoms with van der Waals surface area (Å²) in [5.41, 5.74) is 3.12. The molecular weight excluding hydrogens is 732 g/mol. The van der Waals surface area contributed by atoms with E-state index < -0.39 is 42.4 Å².